The van der Waals surface area contributed by atoms with Crippen LogP contribution in [0.4, 0.5) is 0 Å². The Balaban J connectivity index is 2.39. The molecule has 0 bridgehead atoms. The first-order valence-electron chi connectivity index (χ1n) is 5.82. The molecule has 0 atom stereocenters. The maximum absolute atomic E-state index is 11.9. The van der Waals surface area contributed by atoms with Crippen LogP contribution in [0.2, 0.25) is 0 Å². The monoisotopic (exact) mass is 262 g/mol. The van der Waals surface area contributed by atoms with Crippen molar-refractivity contribution in [2.45, 2.75) is 26.4 Å². The van der Waals surface area contributed by atoms with Gasteiger partial charge in [-0.05, 0) is 26.0 Å². The lowest BCUT2D eigenvalue weighted by Gasteiger charge is -2.10. The average Bonchev–Trinajstić information content (AvgIpc) is 2.79. The Hall–Kier alpha value is -2.44. The van der Waals surface area contributed by atoms with Crippen LogP contribution in [0.3, 0.4) is 0 Å². The number of hydrogen-bond acceptors (Lipinski definition) is 4. The number of aromatic carboxylic acids is 1. The summed E-state index contributed by atoms with van der Waals surface area (Å²) in [6, 6.07) is 2.94. The van der Waals surface area contributed by atoms with Crippen molar-refractivity contribution in [3.05, 3.63) is 46.4 Å². The molecule has 2 rings (SSSR count). The maximum atomic E-state index is 11.9. The van der Waals surface area contributed by atoms with E-state index in [4.69, 9.17) is 5.11 Å². The second-order valence-electron chi connectivity index (χ2n) is 4.37. The van der Waals surface area contributed by atoms with Gasteiger partial charge in [-0.1, -0.05) is 0 Å². The van der Waals surface area contributed by atoms with Gasteiger partial charge in [-0.3, -0.25) is 4.79 Å². The summed E-state index contributed by atoms with van der Waals surface area (Å²) in [4.78, 5) is 26.9. The molecular weight excluding hydrogens is 248 g/mol. The van der Waals surface area contributed by atoms with Crippen molar-refractivity contribution in [2.75, 3.05) is 0 Å². The minimum absolute atomic E-state index is 0.121. The van der Waals surface area contributed by atoms with Crippen molar-refractivity contribution in [3.63, 3.8) is 0 Å². The molecule has 7 nitrogen and oxygen atoms in total. The fourth-order valence-corrected chi connectivity index (χ4v) is 1.80. The van der Waals surface area contributed by atoms with E-state index in [0.29, 0.717) is 5.82 Å². The van der Waals surface area contributed by atoms with Gasteiger partial charge in [0.25, 0.3) is 5.56 Å². The van der Waals surface area contributed by atoms with Gasteiger partial charge < -0.3 is 9.67 Å². The van der Waals surface area contributed by atoms with Gasteiger partial charge in [0.2, 0.25) is 0 Å². The molecule has 0 unspecified atom stereocenters. The molecule has 1 N–H and O–H groups in total. The quantitative estimate of drug-likeness (QED) is 0.878. The van der Waals surface area contributed by atoms with Crippen molar-refractivity contribution in [3.8, 4) is 0 Å². The SMILES string of the molecule is CC(C)n1ncnc1Cn1cccc(C(=O)O)c1=O. The third-order valence-electron chi connectivity index (χ3n) is 2.70. The lowest BCUT2D eigenvalue weighted by atomic mass is 10.3. The Kier molecular flexibility index (Phi) is 3.46. The van der Waals surface area contributed by atoms with Crippen LogP contribution >= 0.6 is 0 Å². The zero-order valence-electron chi connectivity index (χ0n) is 10.6. The molecule has 0 saturated heterocycles. The third kappa shape index (κ3) is 2.54. The molecule has 0 aromatic carbocycles. The van der Waals surface area contributed by atoms with Crippen LogP contribution in [0, 0.1) is 0 Å². The molecule has 2 aromatic rings. The Morgan fingerprint density at radius 1 is 1.47 bits per heavy atom. The molecule has 0 spiro atoms. The maximum Gasteiger partial charge on any atom is 0.341 e. The Morgan fingerprint density at radius 3 is 2.84 bits per heavy atom. The molecule has 0 fully saturated rings. The number of aromatic nitrogens is 4. The van der Waals surface area contributed by atoms with Crippen molar-refractivity contribution in [1.29, 1.82) is 0 Å². The van der Waals surface area contributed by atoms with Gasteiger partial charge in [0, 0.05) is 12.2 Å². The highest BCUT2D eigenvalue weighted by molar-refractivity contribution is 5.86. The highest BCUT2D eigenvalue weighted by Crippen LogP contribution is 2.06. The molecule has 0 saturated carbocycles. The number of hydrogen-bond donors (Lipinski definition) is 1. The van der Waals surface area contributed by atoms with E-state index < -0.39 is 11.5 Å². The number of nitrogens with zero attached hydrogens (tertiary/aromatic N) is 4. The average molecular weight is 262 g/mol. The van der Waals surface area contributed by atoms with Crippen molar-refractivity contribution in [2.24, 2.45) is 0 Å². The highest BCUT2D eigenvalue weighted by Gasteiger charge is 2.13. The first-order valence-corrected chi connectivity index (χ1v) is 5.82. The van der Waals surface area contributed by atoms with Crippen LogP contribution in [-0.4, -0.2) is 30.4 Å². The molecule has 0 aliphatic heterocycles. The second kappa shape index (κ2) is 5.05. The number of carboxylic acids is 1. The molecule has 100 valence electrons. The summed E-state index contributed by atoms with van der Waals surface area (Å²) in [5.41, 5.74) is -0.800. The van der Waals surface area contributed by atoms with E-state index in [1.54, 1.807) is 4.68 Å². The first-order chi connectivity index (χ1) is 9.00. The zero-order valence-corrected chi connectivity index (χ0v) is 10.6. The summed E-state index contributed by atoms with van der Waals surface area (Å²) in [5.74, 6) is -0.621. The molecule has 7 heteroatoms. The second-order valence-corrected chi connectivity index (χ2v) is 4.37. The number of carboxylic acid groups (broad SMARTS) is 1. The Morgan fingerprint density at radius 2 is 2.21 bits per heavy atom. The smallest absolute Gasteiger partial charge is 0.341 e. The van der Waals surface area contributed by atoms with Crippen molar-refractivity contribution in [1.82, 2.24) is 19.3 Å². The molecule has 19 heavy (non-hydrogen) atoms. The summed E-state index contributed by atoms with van der Waals surface area (Å²) in [6.45, 7) is 4.10. The lowest BCUT2D eigenvalue weighted by Crippen LogP contribution is -2.27. The topological polar surface area (TPSA) is 90.0 Å². The summed E-state index contributed by atoms with van der Waals surface area (Å²) in [5, 5.41) is 13.0. The Labute approximate surface area is 109 Å². The predicted octanol–water partition coefficient (Wildman–Crippen LogP) is 0.767. The van der Waals surface area contributed by atoms with Crippen LogP contribution in [0.15, 0.2) is 29.5 Å². The van der Waals surface area contributed by atoms with Crippen molar-refractivity contribution < 1.29 is 9.90 Å². The molecule has 0 aliphatic rings. The predicted molar refractivity (Wildman–Crippen MR) is 67.2 cm³/mol. The van der Waals surface area contributed by atoms with E-state index in [2.05, 4.69) is 10.1 Å². The molecular formula is C12H14N4O3. The van der Waals surface area contributed by atoms with E-state index in [1.165, 1.54) is 29.2 Å². The van der Waals surface area contributed by atoms with Gasteiger partial charge in [0.1, 0.15) is 17.7 Å². The summed E-state index contributed by atoms with van der Waals surface area (Å²) >= 11 is 0. The molecule has 0 amide bonds. The van der Waals surface area contributed by atoms with Gasteiger partial charge >= 0.3 is 5.97 Å². The van der Waals surface area contributed by atoms with Gasteiger partial charge in [-0.25, -0.2) is 14.5 Å². The number of rotatable bonds is 4. The van der Waals surface area contributed by atoms with Gasteiger partial charge in [0.15, 0.2) is 0 Å². The lowest BCUT2D eigenvalue weighted by molar-refractivity contribution is 0.0694. The molecule has 2 heterocycles. The molecule has 2 aromatic heterocycles. The van der Waals surface area contributed by atoms with E-state index >= 15 is 0 Å². The van der Waals surface area contributed by atoms with Crippen LogP contribution in [0.5, 0.6) is 0 Å². The van der Waals surface area contributed by atoms with Gasteiger partial charge in [0.05, 0.1) is 6.54 Å². The van der Waals surface area contributed by atoms with Gasteiger partial charge in [-0.2, -0.15) is 5.10 Å². The van der Waals surface area contributed by atoms with E-state index in [0.717, 1.165) is 0 Å². The van der Waals surface area contributed by atoms with E-state index in [-0.39, 0.29) is 18.2 Å². The highest BCUT2D eigenvalue weighted by atomic mass is 16.4. The van der Waals surface area contributed by atoms with Gasteiger partial charge in [-0.15, -0.1) is 0 Å². The van der Waals surface area contributed by atoms with E-state index in [1.807, 2.05) is 13.8 Å². The standard InChI is InChI=1S/C12H14N4O3/c1-8(2)16-10(13-7-14-16)6-15-5-3-4-9(11(15)17)12(18)19/h3-5,7-8H,6H2,1-2H3,(H,18,19). The molecule has 0 aliphatic carbocycles. The fourth-order valence-electron chi connectivity index (χ4n) is 1.80. The van der Waals surface area contributed by atoms with Crippen LogP contribution < -0.4 is 5.56 Å². The summed E-state index contributed by atoms with van der Waals surface area (Å²) in [6.07, 6.45) is 2.95. The van der Waals surface area contributed by atoms with Crippen molar-refractivity contribution >= 4 is 5.97 Å². The minimum atomic E-state index is -1.23. The summed E-state index contributed by atoms with van der Waals surface area (Å²) in [7, 11) is 0. The van der Waals surface area contributed by atoms with Crippen LogP contribution in [-0.2, 0) is 6.54 Å². The van der Waals surface area contributed by atoms with E-state index in [9.17, 15) is 9.59 Å². The fraction of sp³-hybridized carbons (Fsp3) is 0.333. The molecule has 0 radical (unpaired) electrons. The van der Waals surface area contributed by atoms with Crippen LogP contribution in [0.1, 0.15) is 36.1 Å². The van der Waals surface area contributed by atoms with Crippen LogP contribution in [0.25, 0.3) is 0 Å². The summed E-state index contributed by atoms with van der Waals surface area (Å²) < 4.78 is 3.01. The normalized spacial score (nSPS) is 10.9. The third-order valence-corrected chi connectivity index (χ3v) is 2.70. The largest absolute Gasteiger partial charge is 0.477 e. The number of carbonyl (C=O) groups is 1. The first kappa shape index (κ1) is 13.0. The minimum Gasteiger partial charge on any atom is -0.477 e. The number of pyridine rings is 1. The Bertz CT molecular complexity index is 657. The zero-order chi connectivity index (χ0) is 14.0.